The summed E-state index contributed by atoms with van der Waals surface area (Å²) in [4.78, 5) is 41.6. The van der Waals surface area contributed by atoms with Gasteiger partial charge in [-0.15, -0.1) is 0 Å². The molecule has 0 atom stereocenters. The first kappa shape index (κ1) is 82.1. The Hall–Kier alpha value is -16.7. The van der Waals surface area contributed by atoms with E-state index in [1.165, 1.54) is 98.0 Å². The van der Waals surface area contributed by atoms with Crippen LogP contribution in [0, 0.1) is 0 Å². The maximum atomic E-state index is 6.57. The maximum absolute atomic E-state index is 6.57. The molecular formula is C121H76Cl3N9. The minimum Gasteiger partial charge on any atom is -0.208 e. The van der Waals surface area contributed by atoms with Gasteiger partial charge in [0.2, 0.25) is 15.9 Å². The lowest BCUT2D eigenvalue weighted by atomic mass is 9.92. The Balaban J connectivity index is 0.000000117. The van der Waals surface area contributed by atoms with Crippen LogP contribution in [-0.4, -0.2) is 44.9 Å². The molecule has 0 saturated carbocycles. The first-order valence-electron chi connectivity index (χ1n) is 44.0. The predicted molar refractivity (Wildman–Crippen MR) is 553 cm³/mol. The molecule has 12 heteroatoms. The van der Waals surface area contributed by atoms with Gasteiger partial charge in [-0.05, 0) is 272 Å². The summed E-state index contributed by atoms with van der Waals surface area (Å²) >= 11 is 19.4. The molecule has 0 N–H and O–H groups in total. The van der Waals surface area contributed by atoms with Crippen molar-refractivity contribution in [2.75, 3.05) is 0 Å². The standard InChI is InChI=1S/C45H28ClN3.C41H26ClN3.C35H22ClN3/c46-45-48-43(37-15-8-13-30(26-37)32-22-23-33-24-31(20-21-34(33)25-32)29-10-2-1-3-11-29)47-44(49-45)38-16-9-14-35(27-38)42-28-36-12-4-5-17-39(36)40-18-6-7-19-41(40)42;42-41-44-39(30-16-13-29(14-17-30)34-18-15-28-9-4-5-10-31(28)23-34)43-40(45-41)38-12-6-11-32(26-38)35-21-22-36-24-33(19-20-37(36)25-35)27-7-2-1-3-8-27;36-35-38-33(37-34(39-35)32-15-7-11-24-10-4-5-14-31(24)32)30-13-6-12-25(22-30)27-18-19-28-20-26(16-17-29(28)21-27)23-8-2-1-3-9-23/h1-28H;1-26H;1-22H. The molecule has 3 aromatic heterocycles. The molecule has 24 rings (SSSR count). The number of rotatable bonds is 14. The van der Waals surface area contributed by atoms with E-state index in [1.54, 1.807) is 0 Å². The van der Waals surface area contributed by atoms with Crippen LogP contribution >= 0.6 is 34.8 Å². The van der Waals surface area contributed by atoms with Crippen LogP contribution in [0.1, 0.15) is 0 Å². The Morgan fingerprint density at radius 1 is 0.113 bits per heavy atom. The molecule has 0 spiro atoms. The third kappa shape index (κ3) is 17.6. The Labute approximate surface area is 783 Å². The topological polar surface area (TPSA) is 116 Å². The Morgan fingerprint density at radius 2 is 0.353 bits per heavy atom. The average molecular weight is 1760 g/mol. The van der Waals surface area contributed by atoms with E-state index in [-0.39, 0.29) is 15.9 Å². The largest absolute Gasteiger partial charge is 0.226 e. The van der Waals surface area contributed by atoms with Crippen LogP contribution in [0.5, 0.6) is 0 Å². The highest BCUT2D eigenvalue weighted by molar-refractivity contribution is 6.29. The Kier molecular flexibility index (Phi) is 22.5. The minimum absolute atomic E-state index is 0.159. The zero-order chi connectivity index (χ0) is 89.1. The van der Waals surface area contributed by atoms with Gasteiger partial charge in [-0.2, -0.15) is 29.9 Å². The highest BCUT2D eigenvalue weighted by Gasteiger charge is 2.20. The van der Waals surface area contributed by atoms with Gasteiger partial charge < -0.3 is 0 Å². The van der Waals surface area contributed by atoms with Crippen molar-refractivity contribution in [2.24, 2.45) is 0 Å². The number of fused-ring (bicyclic) bond motifs is 8. The zero-order valence-corrected chi connectivity index (χ0v) is 73.8. The molecule has 0 amide bonds. The fourth-order valence-corrected chi connectivity index (χ4v) is 18.2. The number of hydrogen-bond donors (Lipinski definition) is 0. The summed E-state index contributed by atoms with van der Waals surface area (Å²) in [6.07, 6.45) is 0. The summed E-state index contributed by atoms with van der Waals surface area (Å²) < 4.78 is 0. The summed E-state index contributed by atoms with van der Waals surface area (Å²) in [6, 6.07) is 161. The zero-order valence-electron chi connectivity index (χ0n) is 71.5. The van der Waals surface area contributed by atoms with Crippen molar-refractivity contribution in [2.45, 2.75) is 0 Å². The van der Waals surface area contributed by atoms with E-state index in [4.69, 9.17) is 49.8 Å². The molecule has 3 heterocycles. The second-order valence-corrected chi connectivity index (χ2v) is 33.9. The highest BCUT2D eigenvalue weighted by atomic mass is 35.5. The summed E-state index contributed by atoms with van der Waals surface area (Å²) in [6.45, 7) is 0. The number of halogens is 3. The number of nitrogens with zero attached hydrogens (tertiary/aromatic N) is 9. The van der Waals surface area contributed by atoms with Crippen LogP contribution in [0.4, 0.5) is 0 Å². The van der Waals surface area contributed by atoms with Crippen molar-refractivity contribution >= 4 is 110 Å². The normalized spacial score (nSPS) is 11.3. The minimum atomic E-state index is 0.159. The summed E-state index contributed by atoms with van der Waals surface area (Å²) in [7, 11) is 0. The summed E-state index contributed by atoms with van der Waals surface area (Å²) in [5.74, 6) is 3.26. The molecule has 0 aliphatic carbocycles. The fraction of sp³-hybridized carbons (Fsp3) is 0. The van der Waals surface area contributed by atoms with Gasteiger partial charge in [0, 0.05) is 33.4 Å². The van der Waals surface area contributed by atoms with Gasteiger partial charge in [-0.3, -0.25) is 0 Å². The SMILES string of the molecule is Clc1nc(-c2ccc(-c3ccc4ccccc4c3)cc2)nc(-c2cccc(-c3ccc4cc(-c5ccccc5)ccc4c3)c2)n1.Clc1nc(-c2cccc(-c3ccc4cc(-c5ccccc5)ccc4c3)c2)nc(-c2cccc(-c3cc4ccccc4c4ccccc34)c2)n1.Clc1nc(-c2cccc(-c3ccc4cc(-c5ccccc5)ccc4c3)c2)nc(-c2cccc3ccccc23)n1. The molecule has 0 aliphatic heterocycles. The van der Waals surface area contributed by atoms with Crippen molar-refractivity contribution < 1.29 is 0 Å². The molecule has 0 bridgehead atoms. The van der Waals surface area contributed by atoms with Crippen LogP contribution in [0.15, 0.2) is 461 Å². The molecule has 21 aromatic carbocycles. The summed E-state index contributed by atoms with van der Waals surface area (Å²) in [5.41, 5.74) is 23.8. The van der Waals surface area contributed by atoms with Gasteiger partial charge >= 0.3 is 0 Å². The molecule has 626 valence electrons. The second-order valence-electron chi connectivity index (χ2n) is 32.9. The molecule has 0 aliphatic rings. The third-order valence-corrected chi connectivity index (χ3v) is 25.0. The van der Waals surface area contributed by atoms with Crippen molar-refractivity contribution in [1.82, 2.24) is 44.9 Å². The number of benzene rings is 21. The average Bonchev–Trinajstić information content (AvgIpc) is 0.763. The van der Waals surface area contributed by atoms with Gasteiger partial charge in [-0.1, -0.05) is 388 Å². The maximum Gasteiger partial charge on any atom is 0.226 e. The highest BCUT2D eigenvalue weighted by Crippen LogP contribution is 2.41. The van der Waals surface area contributed by atoms with E-state index in [1.807, 2.05) is 97.1 Å². The Morgan fingerprint density at radius 3 is 0.774 bits per heavy atom. The molecule has 133 heavy (non-hydrogen) atoms. The van der Waals surface area contributed by atoms with Crippen LogP contribution in [0.25, 0.3) is 233 Å². The molecule has 0 fully saturated rings. The first-order valence-corrected chi connectivity index (χ1v) is 45.1. The Bertz CT molecular complexity index is 8570. The number of aromatic nitrogens is 9. The van der Waals surface area contributed by atoms with Gasteiger partial charge in [0.25, 0.3) is 0 Å². The molecule has 0 unspecified atom stereocenters. The van der Waals surface area contributed by atoms with Crippen LogP contribution in [-0.2, 0) is 0 Å². The molecule has 0 radical (unpaired) electrons. The molecule has 24 aromatic rings. The second kappa shape index (κ2) is 36.5. The van der Waals surface area contributed by atoms with Gasteiger partial charge in [0.1, 0.15) is 0 Å². The van der Waals surface area contributed by atoms with E-state index in [9.17, 15) is 0 Å². The lowest BCUT2D eigenvalue weighted by Gasteiger charge is -2.12. The fourth-order valence-electron chi connectivity index (χ4n) is 17.8. The van der Waals surface area contributed by atoms with Crippen LogP contribution in [0.2, 0.25) is 15.9 Å². The predicted octanol–water partition coefficient (Wildman–Crippen LogP) is 33.0. The van der Waals surface area contributed by atoms with Crippen LogP contribution < -0.4 is 0 Å². The molecule has 0 saturated heterocycles. The first-order chi connectivity index (χ1) is 65.5. The van der Waals surface area contributed by atoms with Crippen molar-refractivity contribution in [3.8, 4) is 157 Å². The quantitative estimate of drug-likeness (QED) is 0.0981. The lowest BCUT2D eigenvalue weighted by molar-refractivity contribution is 1.07. The van der Waals surface area contributed by atoms with E-state index >= 15 is 0 Å². The summed E-state index contributed by atoms with van der Waals surface area (Å²) in [5, 5.41) is 17.2. The van der Waals surface area contributed by atoms with Gasteiger partial charge in [-0.25, -0.2) is 15.0 Å². The van der Waals surface area contributed by atoms with Gasteiger partial charge in [0.05, 0.1) is 0 Å². The molecular weight excluding hydrogens is 1690 g/mol. The van der Waals surface area contributed by atoms with Crippen molar-refractivity contribution in [1.29, 1.82) is 0 Å². The number of hydrogen-bond acceptors (Lipinski definition) is 9. The monoisotopic (exact) mass is 1760 g/mol. The van der Waals surface area contributed by atoms with E-state index < -0.39 is 0 Å². The van der Waals surface area contributed by atoms with E-state index in [2.05, 4.69) is 394 Å². The van der Waals surface area contributed by atoms with Crippen LogP contribution in [0.3, 0.4) is 0 Å². The van der Waals surface area contributed by atoms with E-state index in [0.717, 1.165) is 99.8 Å². The lowest BCUT2D eigenvalue weighted by Crippen LogP contribution is -1.98. The van der Waals surface area contributed by atoms with E-state index in [0.29, 0.717) is 34.9 Å². The molecule has 9 nitrogen and oxygen atoms in total. The van der Waals surface area contributed by atoms with Crippen molar-refractivity contribution in [3.63, 3.8) is 0 Å². The smallest absolute Gasteiger partial charge is 0.208 e. The van der Waals surface area contributed by atoms with Crippen molar-refractivity contribution in [3.05, 3.63) is 477 Å². The van der Waals surface area contributed by atoms with Gasteiger partial charge in [0.15, 0.2) is 34.9 Å². The third-order valence-electron chi connectivity index (χ3n) is 24.5.